The summed E-state index contributed by atoms with van der Waals surface area (Å²) in [5.41, 5.74) is 0. The van der Waals surface area contributed by atoms with Gasteiger partial charge in [0.05, 0.1) is 6.10 Å². The van der Waals surface area contributed by atoms with Crippen LogP contribution in [0, 0.1) is 41.4 Å². The average Bonchev–Trinajstić information content (AvgIpc) is 1.33. The zero-order valence-electron chi connectivity index (χ0n) is 58.1. The first-order valence-corrected chi connectivity index (χ1v) is 32.9. The Balaban J connectivity index is 4.45. The second kappa shape index (κ2) is 36.8. The van der Waals surface area contributed by atoms with E-state index in [0.29, 0.717) is 6.42 Å². The van der Waals surface area contributed by atoms with Crippen molar-refractivity contribution in [3.05, 3.63) is 12.2 Å². The number of amides is 11. The van der Waals surface area contributed by atoms with E-state index in [1.54, 1.807) is 60.8 Å². The minimum absolute atomic E-state index is 0.0149. The molecule has 1 aliphatic rings. The lowest BCUT2D eigenvalue weighted by Crippen LogP contribution is -2.64. The molecule has 1 aliphatic heterocycles. The van der Waals surface area contributed by atoms with Gasteiger partial charge in [-0.3, -0.25) is 52.7 Å². The molecule has 0 aliphatic carbocycles. The monoisotopic (exact) mass is 1260 g/mol. The molecule has 1 rings (SSSR count). The van der Waals surface area contributed by atoms with E-state index >= 15 is 19.2 Å². The van der Waals surface area contributed by atoms with E-state index in [2.05, 4.69) is 21.3 Å². The predicted molar refractivity (Wildman–Crippen MR) is 346 cm³/mol. The van der Waals surface area contributed by atoms with Gasteiger partial charge in [-0.2, -0.15) is 11.8 Å². The van der Waals surface area contributed by atoms with Gasteiger partial charge in [-0.25, -0.2) is 0 Å². The maximum atomic E-state index is 15.2. The van der Waals surface area contributed by atoms with Gasteiger partial charge in [-0.05, 0) is 107 Å². The highest BCUT2D eigenvalue weighted by atomic mass is 32.2. The minimum Gasteiger partial charge on any atom is -0.390 e. The van der Waals surface area contributed by atoms with Crippen LogP contribution >= 0.6 is 11.8 Å². The minimum atomic E-state index is -1.62. The number of rotatable bonds is 17. The molecule has 0 aromatic rings. The molecular formula is C64H115N11O12S. The number of likely N-dealkylation sites (N-methyl/N-ethyl adjacent to an activating group) is 7. The molecule has 1 fully saturated rings. The number of carbonyl (C=O) groups is 11. The maximum Gasteiger partial charge on any atom is 0.246 e. The Kier molecular flexibility index (Phi) is 33.5. The van der Waals surface area contributed by atoms with Crippen molar-refractivity contribution < 1.29 is 57.8 Å². The Hall–Kier alpha value is -5.78. The lowest BCUT2D eigenvalue weighted by molar-refractivity contribution is -0.157. The van der Waals surface area contributed by atoms with Crippen LogP contribution in [0.3, 0.4) is 0 Å². The van der Waals surface area contributed by atoms with E-state index in [0.717, 1.165) is 4.90 Å². The quantitative estimate of drug-likeness (QED) is 0.129. The van der Waals surface area contributed by atoms with E-state index < -0.39 is 155 Å². The van der Waals surface area contributed by atoms with Crippen molar-refractivity contribution in [1.29, 1.82) is 0 Å². The van der Waals surface area contributed by atoms with Crippen molar-refractivity contribution >= 4 is 76.7 Å². The number of aliphatic hydroxyl groups excluding tert-OH is 1. The fraction of sp³-hybridized carbons (Fsp3) is 0.797. The molecule has 504 valence electrons. The van der Waals surface area contributed by atoms with Crippen molar-refractivity contribution in [3.8, 4) is 0 Å². The van der Waals surface area contributed by atoms with Crippen molar-refractivity contribution in [2.24, 2.45) is 41.4 Å². The first-order chi connectivity index (χ1) is 40.7. The highest BCUT2D eigenvalue weighted by Crippen LogP contribution is 2.26. The van der Waals surface area contributed by atoms with Crippen LogP contribution in [0.25, 0.3) is 0 Å². The van der Waals surface area contributed by atoms with E-state index in [1.807, 2.05) is 61.5 Å². The van der Waals surface area contributed by atoms with Crippen LogP contribution in [-0.4, -0.2) is 238 Å². The van der Waals surface area contributed by atoms with Gasteiger partial charge in [0.1, 0.15) is 66.5 Å². The fourth-order valence-corrected chi connectivity index (χ4v) is 11.8. The van der Waals surface area contributed by atoms with Gasteiger partial charge in [-0.1, -0.05) is 109 Å². The van der Waals surface area contributed by atoms with Gasteiger partial charge < -0.3 is 60.7 Å². The molecule has 88 heavy (non-hydrogen) atoms. The molecule has 0 unspecified atom stereocenters. The van der Waals surface area contributed by atoms with E-state index in [1.165, 1.54) is 104 Å². The average molecular weight is 1260 g/mol. The number of hydrogen-bond donors (Lipinski definition) is 5. The van der Waals surface area contributed by atoms with Crippen LogP contribution in [0.5, 0.6) is 0 Å². The third-order valence-corrected chi connectivity index (χ3v) is 17.4. The normalized spacial score (nSPS) is 27.2. The highest BCUT2D eigenvalue weighted by Gasteiger charge is 2.46. The lowest BCUT2D eigenvalue weighted by atomic mass is 9.91. The zero-order chi connectivity index (χ0) is 68.3. The fourth-order valence-electron chi connectivity index (χ4n) is 11.1. The predicted octanol–water partition coefficient (Wildman–Crippen LogP) is 4.00. The molecule has 0 radical (unpaired) electrons. The topological polar surface area (TPSA) is 279 Å². The summed E-state index contributed by atoms with van der Waals surface area (Å²) in [7, 11) is 10.0. The number of hydrogen-bond acceptors (Lipinski definition) is 13. The van der Waals surface area contributed by atoms with Crippen LogP contribution in [-0.2, 0) is 52.7 Å². The molecule has 1 heterocycles. The zero-order valence-corrected chi connectivity index (χ0v) is 58.9. The molecule has 1 saturated heterocycles. The summed E-state index contributed by atoms with van der Waals surface area (Å²) in [5, 5.41) is 23.3. The lowest BCUT2D eigenvalue weighted by Gasteiger charge is -2.41. The summed E-state index contributed by atoms with van der Waals surface area (Å²) in [4.78, 5) is 171. The Bertz CT molecular complexity index is 2400. The maximum absolute atomic E-state index is 15.2. The molecule has 0 aromatic carbocycles. The van der Waals surface area contributed by atoms with Crippen molar-refractivity contribution in [2.75, 3.05) is 61.3 Å². The van der Waals surface area contributed by atoms with Gasteiger partial charge in [0.25, 0.3) is 0 Å². The number of thioether (sulfide) groups is 1. The molecule has 5 N–H and O–H groups in total. The van der Waals surface area contributed by atoms with Crippen molar-refractivity contribution in [2.45, 2.75) is 229 Å². The number of allylic oxidation sites excluding steroid dienone is 2. The summed E-state index contributed by atoms with van der Waals surface area (Å²) >= 11 is 1.27. The van der Waals surface area contributed by atoms with Gasteiger partial charge in [0.15, 0.2) is 0 Å². The van der Waals surface area contributed by atoms with Crippen LogP contribution < -0.4 is 21.3 Å². The Labute approximate surface area is 531 Å². The van der Waals surface area contributed by atoms with Crippen molar-refractivity contribution in [3.63, 3.8) is 0 Å². The van der Waals surface area contributed by atoms with E-state index in [4.69, 9.17) is 0 Å². The largest absolute Gasteiger partial charge is 0.390 e. The number of carbonyl (C=O) groups excluding carboxylic acids is 11. The summed E-state index contributed by atoms with van der Waals surface area (Å²) in [6.07, 6.45) is 4.77. The molecular weight excluding hydrogens is 1150 g/mol. The smallest absolute Gasteiger partial charge is 0.246 e. The molecule has 23 nitrogen and oxygen atoms in total. The van der Waals surface area contributed by atoms with Gasteiger partial charge in [0, 0.05) is 55.1 Å². The summed E-state index contributed by atoms with van der Waals surface area (Å²) in [6.45, 7) is 30.0. The Morgan fingerprint density at radius 1 is 0.443 bits per heavy atom. The first-order valence-electron chi connectivity index (χ1n) is 31.5. The van der Waals surface area contributed by atoms with E-state index in [-0.39, 0.29) is 61.5 Å². The molecule has 0 aromatic heterocycles. The SMILES string of the molecule is C/C=C/C[C@@H](C)[C@@H](O)[C@@H]1C(=O)N[C@H](CC)C(=O)N(C)[C@H](CSC)C(=O)N(C)[C@@H](CC(C)C)C(=O)N[C@H](C(C)C)C(=O)N(C)[C@H](CC(C)C)C(=O)N[C@H](C)C(=O)N[C@@H](C)C(=O)N(C)[C@H](CC(C)C)C(=O)N(C)[C@H](CC(C)C)C(=O)N(C)[C@H](C(C)C)C(=O)N1C. The number of aliphatic hydroxyl groups is 1. The summed E-state index contributed by atoms with van der Waals surface area (Å²) in [5.74, 6) is -9.63. The molecule has 13 atom stereocenters. The van der Waals surface area contributed by atoms with Crippen LogP contribution in [0.1, 0.15) is 156 Å². The molecule has 11 amide bonds. The molecule has 0 spiro atoms. The van der Waals surface area contributed by atoms with Crippen LogP contribution in [0.15, 0.2) is 12.2 Å². The third-order valence-electron chi connectivity index (χ3n) is 16.7. The molecule has 0 saturated carbocycles. The Morgan fingerprint density at radius 2 is 0.830 bits per heavy atom. The van der Waals surface area contributed by atoms with Crippen LogP contribution in [0.4, 0.5) is 0 Å². The Morgan fingerprint density at radius 3 is 1.26 bits per heavy atom. The van der Waals surface area contributed by atoms with Crippen LogP contribution in [0.2, 0.25) is 0 Å². The second-order valence-corrected chi connectivity index (χ2v) is 27.7. The summed E-state index contributed by atoms with van der Waals surface area (Å²) < 4.78 is 0. The van der Waals surface area contributed by atoms with Crippen molar-refractivity contribution in [1.82, 2.24) is 55.6 Å². The molecule has 0 bridgehead atoms. The van der Waals surface area contributed by atoms with E-state index in [9.17, 15) is 38.7 Å². The number of nitrogens with one attached hydrogen (secondary N) is 4. The number of nitrogens with zero attached hydrogens (tertiary/aromatic N) is 7. The second-order valence-electron chi connectivity index (χ2n) is 26.8. The highest BCUT2D eigenvalue weighted by molar-refractivity contribution is 7.98. The third kappa shape index (κ3) is 22.0. The summed E-state index contributed by atoms with van der Waals surface area (Å²) in [6, 6.07) is -13.6. The molecule has 24 heteroatoms. The standard InChI is InChI=1S/C64H115N11O12S/c1-26-28-29-41(15)53(76)52-57(80)67-44(27-2)59(82)73(22)49(34-88-25)62(85)69(18)46(31-36(5)6)56(79)68-50(39(11)12)63(86)70(19)45(30-35(3)4)55(78)65-42(16)54(77)66-43(17)58(81)71(20)47(32-37(7)8)60(83)72(21)48(33-38(9)10)61(84)74(23)51(40(13)14)64(87)75(52)24/h26,28,35-53,76H,27,29-34H2,1-25H3,(H,65,78)(H,66,77)(H,67,80)(H,68,79)/b28-26+/t41-,42-,43+,44-,45-,46+,47-,48-,49-,50-,51-,52-,53-/m1/s1. The van der Waals surface area contributed by atoms with Gasteiger partial charge in [0.2, 0.25) is 65.0 Å². The van der Waals surface area contributed by atoms with Gasteiger partial charge >= 0.3 is 0 Å². The first kappa shape index (κ1) is 80.2. The van der Waals surface area contributed by atoms with Gasteiger partial charge in [-0.15, -0.1) is 0 Å².